The van der Waals surface area contributed by atoms with Crippen molar-refractivity contribution >= 4 is 45.0 Å². The van der Waals surface area contributed by atoms with E-state index in [0.717, 1.165) is 0 Å². The largest absolute Gasteiger partial charge is 0.464 e. The molecule has 0 aliphatic rings. The molecule has 0 amide bonds. The maximum atomic E-state index is 13.1. The standard InChI is InChI=1S/C12H8BrClFN3O2/c1-20-12(19)9-4-17-10(5-16-9)18-11-7(13)2-6(15)3-8(11)14/h2-5H,1H3,(H,17,18). The molecule has 0 saturated heterocycles. The highest BCUT2D eigenvalue weighted by atomic mass is 79.9. The number of esters is 1. The van der Waals surface area contributed by atoms with E-state index in [1.165, 1.54) is 31.6 Å². The number of halogens is 3. The van der Waals surface area contributed by atoms with Gasteiger partial charge in [0.25, 0.3) is 0 Å². The Labute approximate surface area is 127 Å². The van der Waals surface area contributed by atoms with Crippen molar-refractivity contribution in [2.75, 3.05) is 12.4 Å². The first-order valence-electron chi connectivity index (χ1n) is 5.33. The molecule has 2 rings (SSSR count). The zero-order valence-electron chi connectivity index (χ0n) is 10.2. The van der Waals surface area contributed by atoms with Gasteiger partial charge in [0.05, 0.1) is 30.2 Å². The summed E-state index contributed by atoms with van der Waals surface area (Å²) in [5, 5.41) is 3.07. The Kier molecular flexibility index (Phi) is 4.51. The van der Waals surface area contributed by atoms with Crippen molar-refractivity contribution in [2.45, 2.75) is 0 Å². The van der Waals surface area contributed by atoms with Gasteiger partial charge in [-0.2, -0.15) is 0 Å². The van der Waals surface area contributed by atoms with Gasteiger partial charge in [0.2, 0.25) is 0 Å². The molecule has 1 N–H and O–H groups in total. The van der Waals surface area contributed by atoms with Crippen LogP contribution in [0.5, 0.6) is 0 Å². The predicted octanol–water partition coefficient (Wildman–Crippen LogP) is 3.56. The monoisotopic (exact) mass is 359 g/mol. The topological polar surface area (TPSA) is 64.1 Å². The van der Waals surface area contributed by atoms with Gasteiger partial charge in [-0.1, -0.05) is 11.6 Å². The van der Waals surface area contributed by atoms with E-state index < -0.39 is 11.8 Å². The molecule has 0 fully saturated rings. The zero-order chi connectivity index (χ0) is 14.7. The van der Waals surface area contributed by atoms with E-state index in [1.54, 1.807) is 0 Å². The highest BCUT2D eigenvalue weighted by Gasteiger charge is 2.11. The number of ether oxygens (including phenoxy) is 1. The first kappa shape index (κ1) is 14.7. The van der Waals surface area contributed by atoms with Gasteiger partial charge in [-0.25, -0.2) is 19.2 Å². The Morgan fingerprint density at radius 2 is 2.15 bits per heavy atom. The summed E-state index contributed by atoms with van der Waals surface area (Å²) in [4.78, 5) is 19.1. The number of methoxy groups -OCH3 is 1. The Balaban J connectivity index is 2.25. The van der Waals surface area contributed by atoms with Crippen LogP contribution in [0.4, 0.5) is 15.9 Å². The molecule has 1 heterocycles. The van der Waals surface area contributed by atoms with Crippen molar-refractivity contribution in [3.63, 3.8) is 0 Å². The maximum Gasteiger partial charge on any atom is 0.358 e. The summed E-state index contributed by atoms with van der Waals surface area (Å²) < 4.78 is 18.1. The summed E-state index contributed by atoms with van der Waals surface area (Å²) in [6, 6.07) is 2.44. The Bertz CT molecular complexity index is 629. The van der Waals surface area contributed by atoms with E-state index in [2.05, 4.69) is 36.0 Å². The summed E-state index contributed by atoms with van der Waals surface area (Å²) in [6.45, 7) is 0. The molecule has 5 nitrogen and oxygen atoms in total. The molecule has 1 aromatic heterocycles. The number of carbonyl (C=O) groups excluding carboxylic acids is 1. The van der Waals surface area contributed by atoms with E-state index in [-0.39, 0.29) is 10.7 Å². The zero-order valence-corrected chi connectivity index (χ0v) is 12.5. The van der Waals surface area contributed by atoms with Crippen LogP contribution >= 0.6 is 27.5 Å². The SMILES string of the molecule is COC(=O)c1cnc(Nc2c(Cl)cc(F)cc2Br)cn1. The van der Waals surface area contributed by atoms with Gasteiger partial charge in [-0.3, -0.25) is 0 Å². The fraction of sp³-hybridized carbons (Fsp3) is 0.0833. The van der Waals surface area contributed by atoms with Crippen molar-refractivity contribution in [3.8, 4) is 0 Å². The molecule has 0 atom stereocenters. The van der Waals surface area contributed by atoms with Crippen molar-refractivity contribution in [1.29, 1.82) is 0 Å². The second-order valence-corrected chi connectivity index (χ2v) is 4.91. The second-order valence-electron chi connectivity index (χ2n) is 3.65. The first-order valence-corrected chi connectivity index (χ1v) is 6.50. The second kappa shape index (κ2) is 6.15. The van der Waals surface area contributed by atoms with Gasteiger partial charge < -0.3 is 10.1 Å². The van der Waals surface area contributed by atoms with Crippen LogP contribution in [-0.4, -0.2) is 23.0 Å². The van der Waals surface area contributed by atoms with Gasteiger partial charge in [0.15, 0.2) is 5.69 Å². The highest BCUT2D eigenvalue weighted by molar-refractivity contribution is 9.10. The molecule has 0 unspecified atom stereocenters. The first-order chi connectivity index (χ1) is 9.51. The molecule has 104 valence electrons. The molecular formula is C12H8BrClFN3O2. The van der Waals surface area contributed by atoms with E-state index >= 15 is 0 Å². The molecule has 0 spiro atoms. The molecule has 8 heteroatoms. The molecule has 0 radical (unpaired) electrons. The van der Waals surface area contributed by atoms with Gasteiger partial charge in [0, 0.05) is 4.47 Å². The normalized spacial score (nSPS) is 10.2. The van der Waals surface area contributed by atoms with Crippen LogP contribution in [0, 0.1) is 5.82 Å². The summed E-state index contributed by atoms with van der Waals surface area (Å²) in [7, 11) is 1.26. The van der Waals surface area contributed by atoms with Crippen LogP contribution in [0.2, 0.25) is 5.02 Å². The number of aromatic nitrogens is 2. The fourth-order valence-electron chi connectivity index (χ4n) is 1.39. The number of rotatable bonds is 3. The quantitative estimate of drug-likeness (QED) is 0.848. The number of nitrogens with one attached hydrogen (secondary N) is 1. The number of benzene rings is 1. The Morgan fingerprint density at radius 3 is 2.70 bits per heavy atom. The number of anilines is 2. The van der Waals surface area contributed by atoms with Crippen molar-refractivity contribution in [2.24, 2.45) is 0 Å². The van der Waals surface area contributed by atoms with Crippen LogP contribution in [-0.2, 0) is 4.74 Å². The van der Waals surface area contributed by atoms with Crippen molar-refractivity contribution in [1.82, 2.24) is 9.97 Å². The third-order valence-corrected chi connectivity index (χ3v) is 3.23. The Morgan fingerprint density at radius 1 is 1.40 bits per heavy atom. The minimum atomic E-state index is -0.579. The van der Waals surface area contributed by atoms with Crippen LogP contribution in [0.15, 0.2) is 29.0 Å². The fourth-order valence-corrected chi connectivity index (χ4v) is 2.29. The predicted molar refractivity (Wildman–Crippen MR) is 75.8 cm³/mol. The lowest BCUT2D eigenvalue weighted by molar-refractivity contribution is 0.0593. The summed E-state index contributed by atoms with van der Waals surface area (Å²) in [6.07, 6.45) is 2.61. The average Bonchev–Trinajstić information content (AvgIpc) is 2.42. The van der Waals surface area contributed by atoms with E-state index in [4.69, 9.17) is 11.6 Å². The van der Waals surface area contributed by atoms with Gasteiger partial charge in [0.1, 0.15) is 11.6 Å². The smallest absolute Gasteiger partial charge is 0.358 e. The number of carbonyl (C=O) groups is 1. The van der Waals surface area contributed by atoms with E-state index in [1.807, 2.05) is 0 Å². The molecule has 0 bridgehead atoms. The minimum Gasteiger partial charge on any atom is -0.464 e. The summed E-state index contributed by atoms with van der Waals surface area (Å²) >= 11 is 9.13. The van der Waals surface area contributed by atoms with Gasteiger partial charge >= 0.3 is 5.97 Å². The van der Waals surface area contributed by atoms with Crippen LogP contribution in [0.1, 0.15) is 10.5 Å². The number of nitrogens with zero attached hydrogens (tertiary/aromatic N) is 2. The van der Waals surface area contributed by atoms with Crippen molar-refractivity contribution in [3.05, 3.63) is 45.5 Å². The van der Waals surface area contributed by atoms with Crippen LogP contribution in [0.3, 0.4) is 0 Å². The highest BCUT2D eigenvalue weighted by Crippen LogP contribution is 2.33. The maximum absolute atomic E-state index is 13.1. The molecule has 20 heavy (non-hydrogen) atoms. The lowest BCUT2D eigenvalue weighted by atomic mass is 10.3. The molecule has 0 aliphatic heterocycles. The van der Waals surface area contributed by atoms with Gasteiger partial charge in [-0.15, -0.1) is 0 Å². The third-order valence-electron chi connectivity index (χ3n) is 2.31. The lowest BCUT2D eigenvalue weighted by Gasteiger charge is -2.10. The summed E-state index contributed by atoms with van der Waals surface area (Å²) in [5.41, 5.74) is 0.538. The molecule has 2 aromatic rings. The van der Waals surface area contributed by atoms with E-state index in [0.29, 0.717) is 16.0 Å². The number of hydrogen-bond acceptors (Lipinski definition) is 5. The number of hydrogen-bond donors (Lipinski definition) is 1. The average molecular weight is 361 g/mol. The molecular weight excluding hydrogens is 353 g/mol. The summed E-state index contributed by atoms with van der Waals surface area (Å²) in [5.74, 6) is -0.684. The Hall–Kier alpha value is -1.73. The lowest BCUT2D eigenvalue weighted by Crippen LogP contribution is -2.06. The van der Waals surface area contributed by atoms with Crippen molar-refractivity contribution < 1.29 is 13.9 Å². The van der Waals surface area contributed by atoms with Gasteiger partial charge in [-0.05, 0) is 28.1 Å². The van der Waals surface area contributed by atoms with E-state index in [9.17, 15) is 9.18 Å². The molecule has 1 aromatic carbocycles. The molecule has 0 saturated carbocycles. The minimum absolute atomic E-state index is 0.0855. The molecule has 0 aliphatic carbocycles. The van der Waals surface area contributed by atoms with Crippen LogP contribution in [0.25, 0.3) is 0 Å². The third kappa shape index (κ3) is 3.23. The van der Waals surface area contributed by atoms with Crippen LogP contribution < -0.4 is 5.32 Å².